The van der Waals surface area contributed by atoms with E-state index in [9.17, 15) is 0 Å². The fourth-order valence-corrected chi connectivity index (χ4v) is 1.71. The maximum Gasteiger partial charge on any atom is 0.221 e. The molecule has 1 rings (SSSR count). The minimum absolute atomic E-state index is 0.0657. The van der Waals surface area contributed by atoms with Crippen LogP contribution in [0.2, 0.25) is 0 Å². The first-order valence-electron chi connectivity index (χ1n) is 7.78. The van der Waals surface area contributed by atoms with E-state index in [0.717, 1.165) is 12.2 Å². The Hall–Kier alpha value is -2.28. The van der Waals surface area contributed by atoms with Crippen molar-refractivity contribution in [1.82, 2.24) is 5.48 Å². The number of hydrogen-bond acceptors (Lipinski definition) is 3. The third-order valence-corrected chi connectivity index (χ3v) is 2.79. The van der Waals surface area contributed by atoms with Gasteiger partial charge in [-0.1, -0.05) is 19.1 Å². The van der Waals surface area contributed by atoms with E-state index in [2.05, 4.69) is 34.5 Å². The molecule has 7 nitrogen and oxygen atoms in total. The molecule has 1 aromatic carbocycles. The van der Waals surface area contributed by atoms with Crippen LogP contribution in [0.5, 0.6) is 5.75 Å². The molecular weight excluding hydrogens is 294 g/mol. The first-order chi connectivity index (χ1) is 11.0. The smallest absolute Gasteiger partial charge is 0.221 e. The first-order valence-corrected chi connectivity index (χ1v) is 7.78. The van der Waals surface area contributed by atoms with Gasteiger partial charge in [0.1, 0.15) is 5.75 Å². The van der Waals surface area contributed by atoms with Gasteiger partial charge in [0.2, 0.25) is 11.9 Å². The average Bonchev–Trinajstić information content (AvgIpc) is 2.50. The van der Waals surface area contributed by atoms with Crippen LogP contribution in [0, 0.1) is 0 Å². The third kappa shape index (κ3) is 8.67. The Morgan fingerprint density at radius 1 is 1.17 bits per heavy atom. The SMILES string of the molecule is CCc1ccc(OCCCON/C(N)=N/C(N)=NC(C)C)cc1. The van der Waals surface area contributed by atoms with Gasteiger partial charge in [-0.25, -0.2) is 10.5 Å². The van der Waals surface area contributed by atoms with Crippen LogP contribution in [0.15, 0.2) is 34.3 Å². The number of hydrogen-bond donors (Lipinski definition) is 3. The monoisotopic (exact) mass is 321 g/mol. The molecule has 0 aliphatic rings. The third-order valence-electron chi connectivity index (χ3n) is 2.79. The maximum absolute atomic E-state index is 5.61. The fraction of sp³-hybridized carbons (Fsp3) is 0.500. The van der Waals surface area contributed by atoms with Crippen molar-refractivity contribution in [3.63, 3.8) is 0 Å². The zero-order valence-corrected chi connectivity index (χ0v) is 14.1. The van der Waals surface area contributed by atoms with Crippen molar-refractivity contribution in [2.75, 3.05) is 13.2 Å². The van der Waals surface area contributed by atoms with E-state index in [1.165, 1.54) is 5.56 Å². The summed E-state index contributed by atoms with van der Waals surface area (Å²) in [6.45, 7) is 6.92. The number of benzene rings is 1. The highest BCUT2D eigenvalue weighted by Gasteiger charge is 1.97. The van der Waals surface area contributed by atoms with Crippen LogP contribution in [-0.2, 0) is 11.3 Å². The number of nitrogens with zero attached hydrogens (tertiary/aromatic N) is 2. The molecule has 0 aliphatic heterocycles. The van der Waals surface area contributed by atoms with Crippen LogP contribution in [-0.4, -0.2) is 31.2 Å². The van der Waals surface area contributed by atoms with Gasteiger partial charge in [-0.3, -0.25) is 4.84 Å². The summed E-state index contributed by atoms with van der Waals surface area (Å²) in [6.07, 6.45) is 1.74. The van der Waals surface area contributed by atoms with Crippen LogP contribution in [0.1, 0.15) is 32.8 Å². The summed E-state index contributed by atoms with van der Waals surface area (Å²) in [5.74, 6) is 1.05. The Kier molecular flexibility index (Phi) is 8.52. The zero-order chi connectivity index (χ0) is 17.1. The number of ether oxygens (including phenoxy) is 1. The molecule has 5 N–H and O–H groups in total. The molecule has 0 aromatic heterocycles. The van der Waals surface area contributed by atoms with Gasteiger partial charge in [0.15, 0.2) is 0 Å². The minimum atomic E-state index is 0.0657. The molecule has 0 unspecified atom stereocenters. The lowest BCUT2D eigenvalue weighted by Gasteiger charge is -2.08. The number of rotatable bonds is 8. The molecule has 0 aliphatic carbocycles. The number of nitrogens with two attached hydrogens (primary N) is 2. The molecule has 0 saturated heterocycles. The maximum atomic E-state index is 5.61. The van der Waals surface area contributed by atoms with Gasteiger partial charge in [0, 0.05) is 12.5 Å². The molecule has 0 atom stereocenters. The Labute approximate surface area is 137 Å². The Morgan fingerprint density at radius 2 is 1.87 bits per heavy atom. The summed E-state index contributed by atoms with van der Waals surface area (Å²) >= 11 is 0. The van der Waals surface area contributed by atoms with Gasteiger partial charge in [-0.15, -0.1) is 0 Å². The highest BCUT2D eigenvalue weighted by atomic mass is 16.6. The van der Waals surface area contributed by atoms with Crippen molar-refractivity contribution >= 4 is 11.9 Å². The second kappa shape index (κ2) is 10.4. The van der Waals surface area contributed by atoms with Crippen molar-refractivity contribution in [1.29, 1.82) is 0 Å². The molecule has 0 amide bonds. The van der Waals surface area contributed by atoms with Crippen molar-refractivity contribution in [3.05, 3.63) is 29.8 Å². The fourth-order valence-electron chi connectivity index (χ4n) is 1.71. The molecule has 0 saturated carbocycles. The molecule has 0 heterocycles. The molecule has 0 radical (unpaired) electrons. The lowest BCUT2D eigenvalue weighted by molar-refractivity contribution is 0.0739. The molecule has 1 aromatic rings. The summed E-state index contributed by atoms with van der Waals surface area (Å²) in [6, 6.07) is 8.14. The number of guanidine groups is 2. The lowest BCUT2D eigenvalue weighted by Crippen LogP contribution is -2.34. The van der Waals surface area contributed by atoms with Crippen LogP contribution in [0.3, 0.4) is 0 Å². The quantitative estimate of drug-likeness (QED) is 0.292. The average molecular weight is 321 g/mol. The van der Waals surface area contributed by atoms with Gasteiger partial charge in [-0.05, 0) is 38.0 Å². The number of aryl methyl sites for hydroxylation is 1. The molecule has 0 fully saturated rings. The molecular formula is C16H27N5O2. The van der Waals surface area contributed by atoms with Crippen LogP contribution >= 0.6 is 0 Å². The standard InChI is InChI=1S/C16H27N5O2/c1-4-13-6-8-14(9-7-13)22-10-5-11-23-21-16(18)20-15(17)19-12(2)3/h6-9,12H,4-5,10-11H2,1-3H3,(H5,17,18,19,20,21). The molecule has 0 spiro atoms. The molecule has 0 bridgehead atoms. The van der Waals surface area contributed by atoms with Crippen molar-refractivity contribution in [2.45, 2.75) is 39.7 Å². The van der Waals surface area contributed by atoms with Gasteiger partial charge in [0.25, 0.3) is 0 Å². The molecule has 7 heteroatoms. The predicted octanol–water partition coefficient (Wildman–Crippen LogP) is 1.58. The van der Waals surface area contributed by atoms with Crippen molar-refractivity contribution in [2.24, 2.45) is 21.5 Å². The summed E-state index contributed by atoms with van der Waals surface area (Å²) in [5, 5.41) is 0. The van der Waals surface area contributed by atoms with E-state index in [1.54, 1.807) is 0 Å². The van der Waals surface area contributed by atoms with Crippen LogP contribution < -0.4 is 21.7 Å². The molecule has 128 valence electrons. The normalized spacial score (nSPS) is 12.5. The van der Waals surface area contributed by atoms with Gasteiger partial charge in [0.05, 0.1) is 13.2 Å². The second-order valence-corrected chi connectivity index (χ2v) is 5.23. The van der Waals surface area contributed by atoms with E-state index in [1.807, 2.05) is 26.0 Å². The highest BCUT2D eigenvalue weighted by Crippen LogP contribution is 2.12. The van der Waals surface area contributed by atoms with Crippen molar-refractivity contribution < 1.29 is 9.57 Å². The minimum Gasteiger partial charge on any atom is -0.494 e. The Morgan fingerprint density at radius 3 is 2.48 bits per heavy atom. The second-order valence-electron chi connectivity index (χ2n) is 5.23. The van der Waals surface area contributed by atoms with E-state index in [-0.39, 0.29) is 18.0 Å². The number of nitrogens with one attached hydrogen (secondary N) is 1. The van der Waals surface area contributed by atoms with Gasteiger partial charge >= 0.3 is 0 Å². The predicted molar refractivity (Wildman–Crippen MR) is 93.4 cm³/mol. The van der Waals surface area contributed by atoms with E-state index in [4.69, 9.17) is 21.0 Å². The summed E-state index contributed by atoms with van der Waals surface area (Å²) in [5.41, 5.74) is 15.0. The van der Waals surface area contributed by atoms with Crippen molar-refractivity contribution in [3.8, 4) is 5.75 Å². The van der Waals surface area contributed by atoms with Gasteiger partial charge in [-0.2, -0.15) is 4.99 Å². The number of aliphatic imine (C=N–C) groups is 2. The molecule has 23 heavy (non-hydrogen) atoms. The van der Waals surface area contributed by atoms with E-state index >= 15 is 0 Å². The Bertz CT molecular complexity index is 512. The summed E-state index contributed by atoms with van der Waals surface area (Å²) in [4.78, 5) is 13.1. The lowest BCUT2D eigenvalue weighted by atomic mass is 10.2. The summed E-state index contributed by atoms with van der Waals surface area (Å²) < 4.78 is 5.61. The number of hydroxylamine groups is 1. The summed E-state index contributed by atoms with van der Waals surface area (Å²) in [7, 11) is 0. The van der Waals surface area contributed by atoms with Crippen LogP contribution in [0.4, 0.5) is 0 Å². The largest absolute Gasteiger partial charge is 0.494 e. The van der Waals surface area contributed by atoms with Gasteiger partial charge < -0.3 is 16.2 Å². The topological polar surface area (TPSA) is 107 Å². The van der Waals surface area contributed by atoms with Crippen LogP contribution in [0.25, 0.3) is 0 Å². The first kappa shape index (κ1) is 18.8. The highest BCUT2D eigenvalue weighted by molar-refractivity contribution is 5.92. The van der Waals surface area contributed by atoms with E-state index in [0.29, 0.717) is 19.6 Å². The Balaban J connectivity index is 2.16. The van der Waals surface area contributed by atoms with E-state index < -0.39 is 0 Å². The zero-order valence-electron chi connectivity index (χ0n) is 14.1.